The monoisotopic (exact) mass is 409 g/mol. The Morgan fingerprint density at radius 2 is 2.07 bits per heavy atom. The van der Waals surface area contributed by atoms with Crippen LogP contribution in [0.2, 0.25) is 0 Å². The molecule has 3 aromatic heterocycles. The van der Waals surface area contributed by atoms with Crippen molar-refractivity contribution in [2.45, 2.75) is 65.1 Å². The highest BCUT2D eigenvalue weighted by Crippen LogP contribution is 2.42. The zero-order valence-electron chi connectivity index (χ0n) is 17.7. The van der Waals surface area contributed by atoms with Crippen LogP contribution >= 0.6 is 0 Å². The van der Waals surface area contributed by atoms with Gasteiger partial charge in [-0.3, -0.25) is 9.48 Å². The number of amides is 1. The minimum atomic E-state index is -0.0716. The summed E-state index contributed by atoms with van der Waals surface area (Å²) in [7, 11) is 0. The number of carbonyl (C=O) groups excluding carboxylic acids is 1. The Labute approximate surface area is 175 Å². The van der Waals surface area contributed by atoms with Crippen LogP contribution in [0.25, 0.3) is 22.6 Å². The van der Waals surface area contributed by atoms with E-state index in [0.717, 1.165) is 55.1 Å². The Morgan fingerprint density at radius 3 is 2.77 bits per heavy atom. The number of imidazole rings is 1. The number of likely N-dealkylation sites (tertiary alicyclic amines) is 1. The van der Waals surface area contributed by atoms with Gasteiger partial charge >= 0.3 is 0 Å². The van der Waals surface area contributed by atoms with Gasteiger partial charge in [0.15, 0.2) is 11.2 Å². The summed E-state index contributed by atoms with van der Waals surface area (Å²) >= 11 is 0. The standard InChI is InChI=1S/C21H27N7O2/c1-4-17(29)26-9-8-15(11-26)30-21-18-20(22-12-23-21)28(14-6-7-14)19(25-18)16-10-24-27(5-2)13(16)3/h10,12,14-15H,4-9,11H2,1-3H3. The lowest BCUT2D eigenvalue weighted by atomic mass is 10.2. The third kappa shape index (κ3) is 3.12. The predicted molar refractivity (Wildman–Crippen MR) is 111 cm³/mol. The lowest BCUT2D eigenvalue weighted by Gasteiger charge is -2.16. The quantitative estimate of drug-likeness (QED) is 0.622. The zero-order valence-corrected chi connectivity index (χ0v) is 17.7. The first kappa shape index (κ1) is 19.0. The van der Waals surface area contributed by atoms with Crippen LogP contribution in [-0.4, -0.2) is 59.3 Å². The van der Waals surface area contributed by atoms with Crippen molar-refractivity contribution < 1.29 is 9.53 Å². The fraction of sp³-hybridized carbons (Fsp3) is 0.571. The molecule has 9 nitrogen and oxygen atoms in total. The van der Waals surface area contributed by atoms with Gasteiger partial charge in [0.2, 0.25) is 11.8 Å². The number of hydrogen-bond donors (Lipinski definition) is 0. The Morgan fingerprint density at radius 1 is 1.23 bits per heavy atom. The Kier molecular flexibility index (Phi) is 4.67. The second-order valence-corrected chi connectivity index (χ2v) is 8.07. The zero-order chi connectivity index (χ0) is 20.8. The number of nitrogens with zero attached hydrogens (tertiary/aromatic N) is 7. The molecule has 1 aliphatic carbocycles. The van der Waals surface area contributed by atoms with E-state index in [-0.39, 0.29) is 12.0 Å². The molecule has 1 unspecified atom stereocenters. The molecule has 0 aromatic carbocycles. The van der Waals surface area contributed by atoms with Gasteiger partial charge in [0.1, 0.15) is 18.3 Å². The molecule has 0 bridgehead atoms. The molecule has 1 amide bonds. The molecular weight excluding hydrogens is 382 g/mol. The van der Waals surface area contributed by atoms with Crippen LogP contribution in [-0.2, 0) is 11.3 Å². The van der Waals surface area contributed by atoms with Gasteiger partial charge in [-0.2, -0.15) is 10.1 Å². The van der Waals surface area contributed by atoms with Crippen LogP contribution in [0, 0.1) is 6.92 Å². The van der Waals surface area contributed by atoms with E-state index in [1.165, 1.54) is 0 Å². The third-order valence-electron chi connectivity index (χ3n) is 6.08. The fourth-order valence-electron chi connectivity index (χ4n) is 4.26. The van der Waals surface area contributed by atoms with Crippen molar-refractivity contribution in [2.24, 2.45) is 0 Å². The van der Waals surface area contributed by atoms with Crippen molar-refractivity contribution in [3.63, 3.8) is 0 Å². The van der Waals surface area contributed by atoms with E-state index < -0.39 is 0 Å². The summed E-state index contributed by atoms with van der Waals surface area (Å²) < 4.78 is 10.4. The van der Waals surface area contributed by atoms with Crippen LogP contribution in [0.4, 0.5) is 0 Å². The summed E-state index contributed by atoms with van der Waals surface area (Å²) in [4.78, 5) is 27.7. The maximum Gasteiger partial charge on any atom is 0.245 e. The SMILES string of the molecule is CCC(=O)N1CCC(Oc2ncnc3c2nc(-c2cnn(CC)c2C)n3C2CC2)C1. The van der Waals surface area contributed by atoms with Crippen molar-refractivity contribution >= 4 is 17.1 Å². The Bertz CT molecular complexity index is 1100. The lowest BCUT2D eigenvalue weighted by Crippen LogP contribution is -2.30. The molecule has 2 aliphatic rings. The molecule has 0 N–H and O–H groups in total. The van der Waals surface area contributed by atoms with Gasteiger partial charge in [-0.1, -0.05) is 6.92 Å². The second kappa shape index (κ2) is 7.37. The first-order valence-electron chi connectivity index (χ1n) is 10.8. The summed E-state index contributed by atoms with van der Waals surface area (Å²) in [6.07, 6.45) is 6.93. The largest absolute Gasteiger partial charge is 0.471 e. The van der Waals surface area contributed by atoms with E-state index in [4.69, 9.17) is 9.72 Å². The van der Waals surface area contributed by atoms with Gasteiger partial charge in [0.25, 0.3) is 0 Å². The molecule has 0 radical (unpaired) electrons. The highest BCUT2D eigenvalue weighted by Gasteiger charge is 2.33. The maximum atomic E-state index is 12.0. The molecular formula is C21H27N7O2. The molecule has 4 heterocycles. The highest BCUT2D eigenvalue weighted by molar-refractivity contribution is 5.82. The minimum Gasteiger partial charge on any atom is -0.471 e. The van der Waals surface area contributed by atoms with Crippen LogP contribution in [0.1, 0.15) is 51.3 Å². The number of ether oxygens (including phenoxy) is 1. The number of hydrogen-bond acceptors (Lipinski definition) is 6. The van der Waals surface area contributed by atoms with E-state index in [9.17, 15) is 4.79 Å². The molecule has 1 saturated heterocycles. The van der Waals surface area contributed by atoms with E-state index in [1.54, 1.807) is 6.33 Å². The smallest absolute Gasteiger partial charge is 0.245 e. The van der Waals surface area contributed by atoms with Gasteiger partial charge in [-0.25, -0.2) is 9.97 Å². The number of aryl methyl sites for hydroxylation is 1. The van der Waals surface area contributed by atoms with Crippen LogP contribution in [0.3, 0.4) is 0 Å². The number of aromatic nitrogens is 6. The van der Waals surface area contributed by atoms with Crippen molar-refractivity contribution in [3.8, 4) is 17.3 Å². The van der Waals surface area contributed by atoms with Crippen molar-refractivity contribution in [2.75, 3.05) is 13.1 Å². The van der Waals surface area contributed by atoms with Gasteiger partial charge in [0.05, 0.1) is 18.3 Å². The minimum absolute atomic E-state index is 0.0716. The van der Waals surface area contributed by atoms with Crippen LogP contribution in [0.5, 0.6) is 5.88 Å². The molecule has 1 saturated carbocycles. The summed E-state index contributed by atoms with van der Waals surface area (Å²) in [5, 5.41) is 4.50. The maximum absolute atomic E-state index is 12.0. The fourth-order valence-corrected chi connectivity index (χ4v) is 4.26. The van der Waals surface area contributed by atoms with Crippen LogP contribution in [0.15, 0.2) is 12.5 Å². The molecule has 5 rings (SSSR count). The average molecular weight is 409 g/mol. The van der Waals surface area contributed by atoms with E-state index in [0.29, 0.717) is 30.4 Å². The molecule has 30 heavy (non-hydrogen) atoms. The van der Waals surface area contributed by atoms with Crippen LogP contribution < -0.4 is 4.74 Å². The molecule has 158 valence electrons. The third-order valence-corrected chi connectivity index (χ3v) is 6.08. The Hall–Kier alpha value is -2.97. The predicted octanol–water partition coefficient (Wildman–Crippen LogP) is 2.74. The topological polar surface area (TPSA) is 91.0 Å². The highest BCUT2D eigenvalue weighted by atomic mass is 16.5. The van der Waals surface area contributed by atoms with Crippen molar-refractivity contribution in [1.29, 1.82) is 0 Å². The average Bonchev–Trinajstić information content (AvgIpc) is 3.19. The molecule has 1 aliphatic heterocycles. The Balaban J connectivity index is 1.52. The van der Waals surface area contributed by atoms with Crippen molar-refractivity contribution in [3.05, 3.63) is 18.2 Å². The van der Waals surface area contributed by atoms with Gasteiger partial charge in [-0.15, -0.1) is 0 Å². The van der Waals surface area contributed by atoms with E-state index >= 15 is 0 Å². The summed E-state index contributed by atoms with van der Waals surface area (Å²) in [6, 6.07) is 0.404. The first-order valence-corrected chi connectivity index (χ1v) is 10.8. The van der Waals surface area contributed by atoms with Crippen molar-refractivity contribution in [1.82, 2.24) is 34.2 Å². The van der Waals surface area contributed by atoms with E-state index in [2.05, 4.69) is 33.5 Å². The molecule has 1 atom stereocenters. The molecule has 2 fully saturated rings. The summed E-state index contributed by atoms with van der Waals surface area (Å²) in [6.45, 7) is 8.18. The van der Waals surface area contributed by atoms with Gasteiger partial charge in [-0.05, 0) is 26.7 Å². The summed E-state index contributed by atoms with van der Waals surface area (Å²) in [5.74, 6) is 1.54. The number of rotatable bonds is 6. The number of fused-ring (bicyclic) bond motifs is 1. The summed E-state index contributed by atoms with van der Waals surface area (Å²) in [5.41, 5.74) is 3.60. The molecule has 9 heteroatoms. The molecule has 0 spiro atoms. The second-order valence-electron chi connectivity index (χ2n) is 8.07. The first-order chi connectivity index (χ1) is 14.6. The van der Waals surface area contributed by atoms with Gasteiger partial charge < -0.3 is 14.2 Å². The normalized spacial score (nSPS) is 19.0. The molecule has 3 aromatic rings. The lowest BCUT2D eigenvalue weighted by molar-refractivity contribution is -0.130. The number of carbonyl (C=O) groups is 1. The van der Waals surface area contributed by atoms with Gasteiger partial charge in [0, 0.05) is 37.7 Å². The van der Waals surface area contributed by atoms with E-state index in [1.807, 2.05) is 22.7 Å².